The van der Waals surface area contributed by atoms with E-state index < -0.39 is 16.4 Å². The maximum atomic E-state index is 13.5. The molecule has 0 radical (unpaired) electrons. The molecule has 1 rings (SSSR count). The van der Waals surface area contributed by atoms with E-state index in [0.29, 0.717) is 12.0 Å². The lowest BCUT2D eigenvalue weighted by Crippen LogP contribution is -1.96. The van der Waals surface area contributed by atoms with Crippen LogP contribution in [0.2, 0.25) is 0 Å². The predicted molar refractivity (Wildman–Crippen MR) is 52.4 cm³/mol. The van der Waals surface area contributed by atoms with Gasteiger partial charge in [-0.3, -0.25) is 10.1 Å². The Morgan fingerprint density at radius 1 is 1.64 bits per heavy atom. The Bertz CT molecular complexity index is 388. The standard InChI is InChI=1S/C10H10FNO2/c1-3-7(2)8-5-4-6-9(10(8)11)12(13)14/h4-6H,2-3H2,1H3. The molecule has 0 aliphatic rings. The second kappa shape index (κ2) is 4.00. The summed E-state index contributed by atoms with van der Waals surface area (Å²) in [5, 5.41) is 10.4. The van der Waals surface area contributed by atoms with Crippen molar-refractivity contribution in [1.29, 1.82) is 0 Å². The first-order chi connectivity index (χ1) is 6.57. The van der Waals surface area contributed by atoms with Crippen molar-refractivity contribution in [3.63, 3.8) is 0 Å². The van der Waals surface area contributed by atoms with E-state index in [1.165, 1.54) is 12.1 Å². The van der Waals surface area contributed by atoms with Gasteiger partial charge in [0.1, 0.15) is 0 Å². The minimum absolute atomic E-state index is 0.224. The lowest BCUT2D eigenvalue weighted by molar-refractivity contribution is -0.387. The van der Waals surface area contributed by atoms with Gasteiger partial charge in [0.2, 0.25) is 5.82 Å². The molecule has 4 heteroatoms. The summed E-state index contributed by atoms with van der Waals surface area (Å²) < 4.78 is 13.5. The van der Waals surface area contributed by atoms with E-state index in [1.807, 2.05) is 6.92 Å². The van der Waals surface area contributed by atoms with Crippen LogP contribution in [0.3, 0.4) is 0 Å². The molecular weight excluding hydrogens is 185 g/mol. The van der Waals surface area contributed by atoms with Crippen LogP contribution in [0.1, 0.15) is 18.9 Å². The number of rotatable bonds is 3. The van der Waals surface area contributed by atoms with Gasteiger partial charge in [-0.05, 0) is 12.0 Å². The van der Waals surface area contributed by atoms with Crippen molar-refractivity contribution in [3.05, 3.63) is 46.3 Å². The smallest absolute Gasteiger partial charge is 0.258 e. The maximum Gasteiger partial charge on any atom is 0.305 e. The molecule has 0 fully saturated rings. The van der Waals surface area contributed by atoms with Crippen LogP contribution >= 0.6 is 0 Å². The Morgan fingerprint density at radius 2 is 2.29 bits per heavy atom. The molecule has 0 atom stereocenters. The van der Waals surface area contributed by atoms with Crippen molar-refractivity contribution in [2.24, 2.45) is 0 Å². The highest BCUT2D eigenvalue weighted by molar-refractivity contribution is 5.65. The van der Waals surface area contributed by atoms with Crippen molar-refractivity contribution in [3.8, 4) is 0 Å². The van der Waals surface area contributed by atoms with Crippen LogP contribution in [0.25, 0.3) is 5.57 Å². The molecule has 0 heterocycles. The number of nitro benzene ring substituents is 1. The van der Waals surface area contributed by atoms with Crippen molar-refractivity contribution in [2.75, 3.05) is 0 Å². The summed E-state index contributed by atoms with van der Waals surface area (Å²) in [6.45, 7) is 5.46. The Labute approximate surface area is 81.0 Å². The second-order valence-electron chi connectivity index (χ2n) is 2.85. The highest BCUT2D eigenvalue weighted by Crippen LogP contribution is 2.26. The highest BCUT2D eigenvalue weighted by Gasteiger charge is 2.17. The number of nitro groups is 1. The van der Waals surface area contributed by atoms with Gasteiger partial charge in [0.15, 0.2) is 0 Å². The predicted octanol–water partition coefficient (Wildman–Crippen LogP) is 3.16. The molecule has 0 saturated heterocycles. The van der Waals surface area contributed by atoms with E-state index in [0.717, 1.165) is 6.07 Å². The minimum atomic E-state index is -0.802. The van der Waals surface area contributed by atoms with E-state index in [-0.39, 0.29) is 5.56 Å². The van der Waals surface area contributed by atoms with Crippen LogP contribution in [-0.2, 0) is 0 Å². The van der Waals surface area contributed by atoms with Gasteiger partial charge in [-0.2, -0.15) is 4.39 Å². The summed E-state index contributed by atoms with van der Waals surface area (Å²) in [6.07, 6.45) is 0.568. The van der Waals surface area contributed by atoms with Gasteiger partial charge in [0.25, 0.3) is 0 Å². The van der Waals surface area contributed by atoms with Gasteiger partial charge in [0, 0.05) is 11.6 Å². The fourth-order valence-corrected chi connectivity index (χ4v) is 1.12. The zero-order valence-corrected chi connectivity index (χ0v) is 7.79. The molecule has 0 saturated carbocycles. The third kappa shape index (κ3) is 1.79. The largest absolute Gasteiger partial charge is 0.305 e. The van der Waals surface area contributed by atoms with Crippen molar-refractivity contribution in [1.82, 2.24) is 0 Å². The van der Waals surface area contributed by atoms with E-state index in [2.05, 4.69) is 6.58 Å². The Hall–Kier alpha value is -1.71. The summed E-state index contributed by atoms with van der Waals surface area (Å²) in [7, 11) is 0. The molecule has 0 amide bonds. The van der Waals surface area contributed by atoms with Crippen LogP contribution in [0.5, 0.6) is 0 Å². The molecule has 0 aliphatic carbocycles. The molecule has 3 nitrogen and oxygen atoms in total. The summed E-state index contributed by atoms with van der Waals surface area (Å²) in [5.74, 6) is -0.802. The third-order valence-electron chi connectivity index (χ3n) is 1.98. The SMILES string of the molecule is C=C(CC)c1cccc([N+](=O)[O-])c1F. The number of benzene rings is 1. The van der Waals surface area contributed by atoms with Gasteiger partial charge < -0.3 is 0 Å². The van der Waals surface area contributed by atoms with Crippen molar-refractivity contribution >= 4 is 11.3 Å². The molecule has 0 aromatic heterocycles. The molecule has 0 aliphatic heterocycles. The molecule has 14 heavy (non-hydrogen) atoms. The van der Waals surface area contributed by atoms with E-state index in [1.54, 1.807) is 0 Å². The molecular formula is C10H10FNO2. The normalized spacial score (nSPS) is 9.86. The monoisotopic (exact) mass is 195 g/mol. The van der Waals surface area contributed by atoms with Crippen molar-refractivity contribution < 1.29 is 9.31 Å². The quantitative estimate of drug-likeness (QED) is 0.549. The first kappa shape index (κ1) is 10.4. The number of hydrogen-bond acceptors (Lipinski definition) is 2. The number of nitrogens with zero attached hydrogens (tertiary/aromatic N) is 1. The van der Waals surface area contributed by atoms with Crippen LogP contribution in [0, 0.1) is 15.9 Å². The lowest BCUT2D eigenvalue weighted by atomic mass is 10.0. The van der Waals surface area contributed by atoms with Gasteiger partial charge in [-0.1, -0.05) is 25.6 Å². The van der Waals surface area contributed by atoms with Gasteiger partial charge in [0.05, 0.1) is 4.92 Å². The third-order valence-corrected chi connectivity index (χ3v) is 1.98. The summed E-state index contributed by atoms with van der Waals surface area (Å²) in [6, 6.07) is 4.09. The fourth-order valence-electron chi connectivity index (χ4n) is 1.12. The fraction of sp³-hybridized carbons (Fsp3) is 0.200. The van der Waals surface area contributed by atoms with E-state index in [4.69, 9.17) is 0 Å². The summed E-state index contributed by atoms with van der Waals surface area (Å²) >= 11 is 0. The molecule has 74 valence electrons. The van der Waals surface area contributed by atoms with Crippen LogP contribution in [0.15, 0.2) is 24.8 Å². The molecule has 0 bridgehead atoms. The second-order valence-corrected chi connectivity index (χ2v) is 2.85. The zero-order valence-electron chi connectivity index (χ0n) is 7.79. The van der Waals surface area contributed by atoms with Crippen molar-refractivity contribution in [2.45, 2.75) is 13.3 Å². The Morgan fingerprint density at radius 3 is 2.79 bits per heavy atom. The molecule has 0 spiro atoms. The van der Waals surface area contributed by atoms with Gasteiger partial charge >= 0.3 is 5.69 Å². The Kier molecular flexibility index (Phi) is 2.96. The highest BCUT2D eigenvalue weighted by atomic mass is 19.1. The number of hydrogen-bond donors (Lipinski definition) is 0. The first-order valence-electron chi connectivity index (χ1n) is 4.19. The lowest BCUT2D eigenvalue weighted by Gasteiger charge is -2.03. The minimum Gasteiger partial charge on any atom is -0.258 e. The Balaban J connectivity index is 3.27. The molecule has 0 unspecified atom stereocenters. The first-order valence-corrected chi connectivity index (χ1v) is 4.19. The molecule has 1 aromatic carbocycles. The van der Waals surface area contributed by atoms with Gasteiger partial charge in [-0.15, -0.1) is 0 Å². The van der Waals surface area contributed by atoms with Crippen LogP contribution < -0.4 is 0 Å². The molecule has 1 aromatic rings. The van der Waals surface area contributed by atoms with E-state index >= 15 is 0 Å². The average Bonchev–Trinajstić information content (AvgIpc) is 2.16. The number of halogens is 1. The maximum absolute atomic E-state index is 13.5. The van der Waals surface area contributed by atoms with Gasteiger partial charge in [-0.25, -0.2) is 0 Å². The topological polar surface area (TPSA) is 43.1 Å². The zero-order chi connectivity index (χ0) is 10.7. The average molecular weight is 195 g/mol. The van der Waals surface area contributed by atoms with Crippen LogP contribution in [0.4, 0.5) is 10.1 Å². The summed E-state index contributed by atoms with van der Waals surface area (Å²) in [5.41, 5.74) is 0.282. The number of allylic oxidation sites excluding steroid dienone is 1. The summed E-state index contributed by atoms with van der Waals surface area (Å²) in [4.78, 5) is 9.69. The molecule has 0 N–H and O–H groups in total. The van der Waals surface area contributed by atoms with Crippen LogP contribution in [-0.4, -0.2) is 4.92 Å². The van der Waals surface area contributed by atoms with E-state index in [9.17, 15) is 14.5 Å².